The molecule has 0 aromatic heterocycles. The number of likely N-dealkylation sites (tertiary alicyclic amines) is 3. The molecule has 18 nitrogen and oxygen atoms in total. The first-order valence-corrected chi connectivity index (χ1v) is 31.3. The summed E-state index contributed by atoms with van der Waals surface area (Å²) in [4.78, 5) is 104. The van der Waals surface area contributed by atoms with Gasteiger partial charge >= 0.3 is 36.2 Å². The first-order valence-electron chi connectivity index (χ1n) is 34.3. The lowest BCUT2D eigenvalue weighted by molar-refractivity contribution is -0.163. The van der Waals surface area contributed by atoms with E-state index in [9.17, 15) is 37.0 Å². The van der Waals surface area contributed by atoms with Gasteiger partial charge in [0.1, 0.15) is 46.0 Å². The Balaban J connectivity index is 1.34. The van der Waals surface area contributed by atoms with Crippen molar-refractivity contribution in [2.75, 3.05) is 52.4 Å². The van der Waals surface area contributed by atoms with Crippen LogP contribution in [0.5, 0.6) is 5.75 Å². The van der Waals surface area contributed by atoms with E-state index in [4.69, 9.17) is 33.2 Å². The van der Waals surface area contributed by atoms with E-state index >= 15 is 4.79 Å². The van der Waals surface area contributed by atoms with Crippen LogP contribution in [0.2, 0.25) is 0 Å². The summed E-state index contributed by atoms with van der Waals surface area (Å²) in [6.45, 7) is 31.4. The van der Waals surface area contributed by atoms with E-state index in [1.807, 2.05) is 0 Å². The van der Waals surface area contributed by atoms with Gasteiger partial charge in [0.15, 0.2) is 0 Å². The van der Waals surface area contributed by atoms with Gasteiger partial charge in [-0.3, -0.25) is 19.2 Å². The lowest BCUT2D eigenvalue weighted by Gasteiger charge is -2.28. The summed E-state index contributed by atoms with van der Waals surface area (Å²) in [6.07, 6.45) is -8.29. The Morgan fingerprint density at radius 1 is 0.449 bits per heavy atom. The van der Waals surface area contributed by atoms with Crippen LogP contribution in [-0.2, 0) is 79.7 Å². The van der Waals surface area contributed by atoms with Gasteiger partial charge in [-0.15, -0.1) is 0 Å². The molecule has 0 radical (unpaired) electrons. The number of ether oxygens (including phenoxy) is 7. The number of benzene rings is 3. The van der Waals surface area contributed by atoms with E-state index in [0.717, 1.165) is 0 Å². The molecule has 0 saturated carbocycles. The van der Waals surface area contributed by atoms with Crippen molar-refractivity contribution in [2.45, 2.75) is 210 Å². The molecule has 0 unspecified atom stereocenters. The topological polar surface area (TPSA) is 197 Å². The second kappa shape index (κ2) is 29.4. The lowest BCUT2D eigenvalue weighted by Crippen LogP contribution is -2.38. The molecule has 3 aromatic carbocycles. The number of esters is 3. The molecule has 0 aliphatic carbocycles. The average molecular weight is 1240 g/mol. The average Bonchev–Trinajstić information content (AvgIpc) is 1.78. The largest absolute Gasteiger partial charge is 0.492 e. The Bertz CT molecular complexity index is 3230. The summed E-state index contributed by atoms with van der Waals surface area (Å²) < 4.78 is 99.1. The van der Waals surface area contributed by atoms with Crippen molar-refractivity contribution in [1.29, 1.82) is 0 Å². The summed E-state index contributed by atoms with van der Waals surface area (Å²) >= 11 is 0. The Hall–Kier alpha value is -6.85. The SMILES string of the molecule is [2H]C([2H])(c1cccc(CC(=O)N(CCOc2cccc(C([2H])([2H])[C@H](C(=O)OC(C)(C)C)[C@H]3CCN(C(=O)OC(C)(C)C)C3)c2)Cc2cccc(C([2H])([2H])[C@H](C(=O)OC(C)(C)C)[C@H]3CCN(C(=O)OC(C)(C)C)C3)c2)c1)[C@H](C(=O)OC(C)(C)C)[C@H]1CCN(C(=O)OC(C)(C)C)C1. The van der Waals surface area contributed by atoms with E-state index in [0.29, 0.717) is 17.5 Å². The molecule has 0 bridgehead atoms. The number of carbonyl (C=O) groups excluding carboxylic acids is 7. The first kappa shape index (κ1) is 62.3. The Morgan fingerprint density at radius 3 is 1.12 bits per heavy atom. The predicted molar refractivity (Wildman–Crippen MR) is 341 cm³/mol. The third kappa shape index (κ3) is 23.8. The number of hydrogen-bond acceptors (Lipinski definition) is 14. The van der Waals surface area contributed by atoms with Crippen LogP contribution in [0.4, 0.5) is 14.4 Å². The maximum absolute atomic E-state index is 15.1. The smallest absolute Gasteiger partial charge is 0.410 e. The van der Waals surface area contributed by atoms with Crippen LogP contribution in [0.3, 0.4) is 0 Å². The van der Waals surface area contributed by atoms with Gasteiger partial charge in [0, 0.05) is 54.0 Å². The van der Waals surface area contributed by atoms with Gasteiger partial charge < -0.3 is 52.8 Å². The molecule has 3 aliphatic rings. The van der Waals surface area contributed by atoms with Gasteiger partial charge in [-0.25, -0.2) is 14.4 Å². The lowest BCUT2D eigenvalue weighted by atomic mass is 9.85. The second-order valence-corrected chi connectivity index (χ2v) is 29.7. The summed E-state index contributed by atoms with van der Waals surface area (Å²) in [5, 5.41) is 0. The normalized spacial score (nSPS) is 20.1. The molecule has 3 saturated heterocycles. The second-order valence-electron chi connectivity index (χ2n) is 29.7. The summed E-state index contributed by atoms with van der Waals surface area (Å²) in [6, 6.07) is 19.1. The van der Waals surface area contributed by atoms with Crippen molar-refractivity contribution < 1.29 is 74.9 Å². The standard InChI is InChI=1S/C71H104N4O14/c1-66(2,3)84-60(77)56(52-28-31-73(44-52)63(80)87-69(10,11)12)39-47-22-19-24-49(36-47)42-59(76)72(43-51-26-20-23-48(37-51)40-57(61(78)85-67(4,5)6)53-29-32-74(45-53)64(81)88-70(13,14)15)34-35-83-55-27-21-25-50(38-55)41-58(62(79)86-68(7,8)9)54-30-33-75(46-54)65(82)89-71(16,17)18/h19-27,36-38,52-54,56-58H,28-35,39-46H2,1-18H3/t52-,53-,54-,56-,57-,58-/m0/s1/i39D2,40D2,41D2. The Labute approximate surface area is 538 Å². The quantitative estimate of drug-likeness (QED) is 0.0765. The molecule has 89 heavy (non-hydrogen) atoms. The monoisotopic (exact) mass is 1240 g/mol. The van der Waals surface area contributed by atoms with Crippen LogP contribution in [0.1, 0.15) is 180 Å². The summed E-state index contributed by atoms with van der Waals surface area (Å²) in [7, 11) is 0. The maximum Gasteiger partial charge on any atom is 0.410 e. The first-order chi connectivity index (χ1) is 43.4. The van der Waals surface area contributed by atoms with Crippen LogP contribution >= 0.6 is 0 Å². The molecule has 3 fully saturated rings. The van der Waals surface area contributed by atoms with Crippen molar-refractivity contribution in [3.63, 3.8) is 0 Å². The fraction of sp³-hybridized carbons (Fsp3) is 0.648. The zero-order valence-electron chi connectivity index (χ0n) is 62.1. The van der Waals surface area contributed by atoms with Crippen molar-refractivity contribution in [3.05, 3.63) is 101 Å². The van der Waals surface area contributed by atoms with Crippen molar-refractivity contribution in [2.24, 2.45) is 35.5 Å². The van der Waals surface area contributed by atoms with Crippen molar-refractivity contribution in [3.8, 4) is 5.75 Å². The van der Waals surface area contributed by atoms with Gasteiger partial charge in [-0.2, -0.15) is 0 Å². The Kier molecular flexibility index (Phi) is 20.6. The van der Waals surface area contributed by atoms with Crippen LogP contribution in [0.15, 0.2) is 72.8 Å². The van der Waals surface area contributed by atoms with Crippen molar-refractivity contribution in [1.82, 2.24) is 19.6 Å². The molecular weight excluding hydrogens is 1130 g/mol. The highest BCUT2D eigenvalue weighted by Crippen LogP contribution is 2.35. The highest BCUT2D eigenvalue weighted by atomic mass is 16.6. The number of hydrogen-bond donors (Lipinski definition) is 0. The zero-order chi connectivity index (χ0) is 71.4. The predicted octanol–water partition coefficient (Wildman–Crippen LogP) is 12.6. The Morgan fingerprint density at radius 2 is 0.764 bits per heavy atom. The molecule has 3 aromatic rings. The van der Waals surface area contributed by atoms with Crippen LogP contribution in [0.25, 0.3) is 0 Å². The summed E-state index contributed by atoms with van der Waals surface area (Å²) in [5.74, 6) is -8.74. The highest BCUT2D eigenvalue weighted by molar-refractivity contribution is 5.79. The maximum atomic E-state index is 15.1. The molecule has 4 amide bonds. The molecule has 3 aliphatic heterocycles. The van der Waals surface area contributed by atoms with E-state index < -0.39 is 130 Å². The molecule has 6 rings (SSSR count). The minimum Gasteiger partial charge on any atom is -0.492 e. The van der Waals surface area contributed by atoms with E-state index in [1.54, 1.807) is 185 Å². The molecular formula is C71H104N4O14. The van der Waals surface area contributed by atoms with Gasteiger partial charge in [0.05, 0.1) is 30.7 Å². The zero-order valence-corrected chi connectivity index (χ0v) is 56.1. The van der Waals surface area contributed by atoms with E-state index in [1.165, 1.54) is 31.7 Å². The van der Waals surface area contributed by atoms with Crippen LogP contribution < -0.4 is 4.74 Å². The summed E-state index contributed by atoms with van der Waals surface area (Å²) in [5.41, 5.74) is -4.14. The molecule has 0 N–H and O–H groups in total. The van der Waals surface area contributed by atoms with Gasteiger partial charge in [-0.05, 0) is 221 Å². The molecule has 0 spiro atoms. The van der Waals surface area contributed by atoms with Crippen LogP contribution in [-0.4, -0.2) is 148 Å². The van der Waals surface area contributed by atoms with Crippen LogP contribution in [0, 0.1) is 35.5 Å². The fourth-order valence-corrected chi connectivity index (χ4v) is 10.7. The van der Waals surface area contributed by atoms with Gasteiger partial charge in [0.2, 0.25) is 5.91 Å². The van der Waals surface area contributed by atoms with E-state index in [2.05, 4.69) is 0 Å². The number of nitrogens with zero attached hydrogens (tertiary/aromatic N) is 4. The van der Waals surface area contributed by atoms with Gasteiger partial charge in [0.25, 0.3) is 0 Å². The van der Waals surface area contributed by atoms with E-state index in [-0.39, 0.29) is 101 Å². The fourth-order valence-electron chi connectivity index (χ4n) is 10.7. The number of rotatable bonds is 20. The minimum absolute atomic E-state index is 0.0327. The molecule has 6 atom stereocenters. The molecule has 492 valence electrons. The highest BCUT2D eigenvalue weighted by Gasteiger charge is 2.43. The molecule has 3 heterocycles. The third-order valence-electron chi connectivity index (χ3n) is 14.4. The van der Waals surface area contributed by atoms with Gasteiger partial charge in [-0.1, -0.05) is 60.7 Å². The minimum atomic E-state index is -2.39. The third-order valence-corrected chi connectivity index (χ3v) is 14.4. The number of carbonyl (C=O) groups is 7. The number of amides is 4. The van der Waals surface area contributed by atoms with Crippen molar-refractivity contribution >= 4 is 42.1 Å². The molecule has 18 heteroatoms.